The smallest absolute Gasteiger partial charge is 0.127 e. The van der Waals surface area contributed by atoms with Crippen LogP contribution in [0, 0.1) is 0 Å². The van der Waals surface area contributed by atoms with Gasteiger partial charge in [-0.05, 0) is 31.5 Å². The van der Waals surface area contributed by atoms with E-state index in [4.69, 9.17) is 14.2 Å². The lowest BCUT2D eigenvalue weighted by Crippen LogP contribution is -2.23. The van der Waals surface area contributed by atoms with Crippen LogP contribution in [0.3, 0.4) is 0 Å². The van der Waals surface area contributed by atoms with Gasteiger partial charge in [-0.25, -0.2) is 0 Å². The van der Waals surface area contributed by atoms with E-state index in [0.717, 1.165) is 37.3 Å². The molecule has 5 nitrogen and oxygen atoms in total. The van der Waals surface area contributed by atoms with Gasteiger partial charge in [-0.3, -0.25) is 0 Å². The van der Waals surface area contributed by atoms with Gasteiger partial charge in [-0.15, -0.1) is 0 Å². The van der Waals surface area contributed by atoms with Crippen LogP contribution in [0.5, 0.6) is 11.5 Å². The topological polar surface area (TPSA) is 60.0 Å². The number of nitrogens with one attached hydrogen (secondary N) is 1. The first-order valence-electron chi connectivity index (χ1n) is 7.07. The number of ether oxygens (including phenoxy) is 3. The third-order valence-corrected chi connectivity index (χ3v) is 3.32. The summed E-state index contributed by atoms with van der Waals surface area (Å²) in [6, 6.07) is 5.51. The first-order chi connectivity index (χ1) is 9.81. The van der Waals surface area contributed by atoms with Crippen LogP contribution in [-0.4, -0.2) is 45.2 Å². The lowest BCUT2D eigenvalue weighted by Gasteiger charge is -2.11. The Labute approximate surface area is 119 Å². The summed E-state index contributed by atoms with van der Waals surface area (Å²) in [5.74, 6) is 1.03. The molecule has 0 fully saturated rings. The molecular formula is C15H23NO4. The quantitative estimate of drug-likeness (QED) is 0.677. The van der Waals surface area contributed by atoms with Crippen LogP contribution in [0.25, 0.3) is 0 Å². The van der Waals surface area contributed by atoms with E-state index in [0.29, 0.717) is 19.8 Å². The van der Waals surface area contributed by atoms with Crippen LogP contribution >= 0.6 is 0 Å². The van der Waals surface area contributed by atoms with Gasteiger partial charge in [0.2, 0.25) is 0 Å². The molecule has 1 aromatic carbocycles. The van der Waals surface area contributed by atoms with Crippen molar-refractivity contribution in [2.24, 2.45) is 0 Å². The number of fused-ring (bicyclic) bond motifs is 1. The lowest BCUT2D eigenvalue weighted by atomic mass is 10.1. The fourth-order valence-corrected chi connectivity index (χ4v) is 2.22. The van der Waals surface area contributed by atoms with Gasteiger partial charge in [0, 0.05) is 25.3 Å². The van der Waals surface area contributed by atoms with Crippen LogP contribution in [0.15, 0.2) is 18.2 Å². The number of unbranched alkanes of at least 4 members (excludes halogenated alkanes) is 1. The average molecular weight is 281 g/mol. The molecule has 1 aliphatic rings. The van der Waals surface area contributed by atoms with E-state index in [1.165, 1.54) is 0 Å². The SMILES string of the molecule is COCCOCCCCNC1COc2cc(O)ccc21. The van der Waals surface area contributed by atoms with Gasteiger partial charge in [0.15, 0.2) is 0 Å². The Bertz CT molecular complexity index is 411. The second kappa shape index (κ2) is 8.09. The molecule has 0 aliphatic carbocycles. The van der Waals surface area contributed by atoms with E-state index in [9.17, 15) is 5.11 Å². The minimum Gasteiger partial charge on any atom is -0.508 e. The van der Waals surface area contributed by atoms with Crippen molar-refractivity contribution in [1.29, 1.82) is 0 Å². The summed E-state index contributed by atoms with van der Waals surface area (Å²) >= 11 is 0. The Morgan fingerprint density at radius 3 is 3.05 bits per heavy atom. The van der Waals surface area contributed by atoms with Gasteiger partial charge < -0.3 is 24.6 Å². The maximum Gasteiger partial charge on any atom is 0.127 e. The first-order valence-corrected chi connectivity index (χ1v) is 7.07. The predicted molar refractivity (Wildman–Crippen MR) is 76.3 cm³/mol. The third kappa shape index (κ3) is 4.37. The van der Waals surface area contributed by atoms with Crippen molar-refractivity contribution in [2.45, 2.75) is 18.9 Å². The summed E-state index contributed by atoms with van der Waals surface area (Å²) in [5.41, 5.74) is 1.12. The fourth-order valence-electron chi connectivity index (χ4n) is 2.22. The number of methoxy groups -OCH3 is 1. The van der Waals surface area contributed by atoms with Gasteiger partial charge in [0.1, 0.15) is 18.1 Å². The zero-order chi connectivity index (χ0) is 14.2. The molecule has 1 aromatic rings. The molecule has 5 heteroatoms. The van der Waals surface area contributed by atoms with E-state index in [1.54, 1.807) is 19.2 Å². The highest BCUT2D eigenvalue weighted by Gasteiger charge is 2.23. The van der Waals surface area contributed by atoms with Crippen molar-refractivity contribution < 1.29 is 19.3 Å². The summed E-state index contributed by atoms with van der Waals surface area (Å²) in [5, 5.41) is 12.9. The maximum atomic E-state index is 9.39. The molecule has 0 spiro atoms. The number of hydrogen-bond acceptors (Lipinski definition) is 5. The Morgan fingerprint density at radius 1 is 1.30 bits per heavy atom. The van der Waals surface area contributed by atoms with Crippen molar-refractivity contribution in [2.75, 3.05) is 40.1 Å². The fraction of sp³-hybridized carbons (Fsp3) is 0.600. The number of phenolic OH excluding ortho intramolecular Hbond substituents is 1. The van der Waals surface area contributed by atoms with Crippen molar-refractivity contribution in [3.63, 3.8) is 0 Å². The molecule has 112 valence electrons. The second-order valence-corrected chi connectivity index (χ2v) is 4.85. The van der Waals surface area contributed by atoms with E-state index in [2.05, 4.69) is 5.32 Å². The summed E-state index contributed by atoms with van der Waals surface area (Å²) < 4.78 is 15.9. The van der Waals surface area contributed by atoms with Crippen molar-refractivity contribution in [1.82, 2.24) is 5.32 Å². The van der Waals surface area contributed by atoms with Crippen LogP contribution in [0.2, 0.25) is 0 Å². The van der Waals surface area contributed by atoms with Crippen LogP contribution in [-0.2, 0) is 9.47 Å². The van der Waals surface area contributed by atoms with E-state index in [1.807, 2.05) is 6.07 Å². The summed E-state index contributed by atoms with van der Waals surface area (Å²) in [7, 11) is 1.68. The van der Waals surface area contributed by atoms with Crippen LogP contribution < -0.4 is 10.1 Å². The summed E-state index contributed by atoms with van der Waals surface area (Å²) in [4.78, 5) is 0. The van der Waals surface area contributed by atoms with Gasteiger partial charge in [0.05, 0.1) is 19.3 Å². The highest BCUT2D eigenvalue weighted by molar-refractivity contribution is 5.44. The van der Waals surface area contributed by atoms with Crippen LogP contribution in [0.1, 0.15) is 24.4 Å². The normalized spacial score (nSPS) is 16.9. The molecule has 0 amide bonds. The Balaban J connectivity index is 1.60. The van der Waals surface area contributed by atoms with Gasteiger partial charge >= 0.3 is 0 Å². The number of benzene rings is 1. The molecule has 1 unspecified atom stereocenters. The predicted octanol–water partition coefficient (Wildman–Crippen LogP) is 1.86. The van der Waals surface area contributed by atoms with Crippen molar-refractivity contribution >= 4 is 0 Å². The van der Waals surface area contributed by atoms with Gasteiger partial charge in [-0.1, -0.05) is 0 Å². The van der Waals surface area contributed by atoms with Gasteiger partial charge in [-0.2, -0.15) is 0 Å². The molecule has 2 N–H and O–H groups in total. The Morgan fingerprint density at radius 2 is 2.20 bits per heavy atom. The standard InChI is InChI=1S/C15H23NO4/c1-18-8-9-19-7-3-2-6-16-14-11-20-15-10-12(17)4-5-13(14)15/h4-5,10,14,16-17H,2-3,6-9,11H2,1H3. The first kappa shape index (κ1) is 15.1. The van der Waals surface area contributed by atoms with E-state index >= 15 is 0 Å². The molecule has 0 bridgehead atoms. The van der Waals surface area contributed by atoms with Crippen molar-refractivity contribution in [3.8, 4) is 11.5 Å². The number of aromatic hydroxyl groups is 1. The van der Waals surface area contributed by atoms with Crippen LogP contribution in [0.4, 0.5) is 0 Å². The molecule has 1 heterocycles. The zero-order valence-electron chi connectivity index (χ0n) is 11.9. The number of rotatable bonds is 9. The molecular weight excluding hydrogens is 258 g/mol. The molecule has 0 radical (unpaired) electrons. The molecule has 20 heavy (non-hydrogen) atoms. The summed E-state index contributed by atoms with van der Waals surface area (Å²) in [6.07, 6.45) is 2.10. The van der Waals surface area contributed by atoms with E-state index < -0.39 is 0 Å². The monoisotopic (exact) mass is 281 g/mol. The van der Waals surface area contributed by atoms with Gasteiger partial charge in [0.25, 0.3) is 0 Å². The highest BCUT2D eigenvalue weighted by atomic mass is 16.5. The Kier molecular flexibility index (Phi) is 6.11. The second-order valence-electron chi connectivity index (χ2n) is 4.85. The Hall–Kier alpha value is -1.30. The summed E-state index contributed by atoms with van der Waals surface area (Å²) in [6.45, 7) is 3.65. The average Bonchev–Trinajstić information content (AvgIpc) is 2.84. The number of phenols is 1. The largest absolute Gasteiger partial charge is 0.508 e. The minimum absolute atomic E-state index is 0.222. The highest BCUT2D eigenvalue weighted by Crippen LogP contribution is 2.34. The molecule has 0 aromatic heterocycles. The maximum absolute atomic E-state index is 9.39. The lowest BCUT2D eigenvalue weighted by molar-refractivity contribution is 0.0687. The third-order valence-electron chi connectivity index (χ3n) is 3.32. The number of hydrogen-bond donors (Lipinski definition) is 2. The molecule has 1 aliphatic heterocycles. The van der Waals surface area contributed by atoms with E-state index in [-0.39, 0.29) is 11.8 Å². The zero-order valence-corrected chi connectivity index (χ0v) is 11.9. The van der Waals surface area contributed by atoms with Crippen molar-refractivity contribution in [3.05, 3.63) is 23.8 Å². The molecule has 0 saturated carbocycles. The molecule has 2 rings (SSSR count). The molecule has 1 atom stereocenters. The molecule has 0 saturated heterocycles. The minimum atomic E-state index is 0.222.